The summed E-state index contributed by atoms with van der Waals surface area (Å²) in [4.78, 5) is 27.3. The van der Waals surface area contributed by atoms with E-state index in [0.29, 0.717) is 6.54 Å². The number of hydrogen-bond donors (Lipinski definition) is 0. The van der Waals surface area contributed by atoms with E-state index >= 15 is 0 Å². The van der Waals surface area contributed by atoms with Gasteiger partial charge in [0, 0.05) is 19.1 Å². The summed E-state index contributed by atoms with van der Waals surface area (Å²) < 4.78 is 4.77. The van der Waals surface area contributed by atoms with Gasteiger partial charge in [-0.25, -0.2) is 4.79 Å². The predicted molar refractivity (Wildman–Crippen MR) is 64.5 cm³/mol. The highest BCUT2D eigenvalue weighted by Gasteiger charge is 2.30. The van der Waals surface area contributed by atoms with Gasteiger partial charge in [-0.05, 0) is 33.4 Å². The van der Waals surface area contributed by atoms with Crippen LogP contribution in [-0.2, 0) is 14.3 Å². The average Bonchev–Trinajstić information content (AvgIpc) is 2.49. The van der Waals surface area contributed by atoms with E-state index in [1.165, 1.54) is 0 Å². The van der Waals surface area contributed by atoms with Crippen LogP contribution < -0.4 is 0 Å². The van der Waals surface area contributed by atoms with Gasteiger partial charge in [0.25, 0.3) is 0 Å². The summed E-state index contributed by atoms with van der Waals surface area (Å²) in [5.74, 6) is -1.22. The van der Waals surface area contributed by atoms with Crippen LogP contribution in [0, 0.1) is 0 Å². The number of likely N-dealkylation sites (N-methyl/N-ethyl adjacent to an activating group) is 1. The minimum atomic E-state index is -0.726. The Balaban J connectivity index is 2.71. The Morgan fingerprint density at radius 1 is 1.29 bits per heavy atom. The highest BCUT2D eigenvalue weighted by atomic mass is 16.5. The van der Waals surface area contributed by atoms with Crippen molar-refractivity contribution in [2.75, 3.05) is 33.3 Å². The van der Waals surface area contributed by atoms with E-state index < -0.39 is 11.9 Å². The lowest BCUT2D eigenvalue weighted by atomic mass is 10.2. The summed E-state index contributed by atoms with van der Waals surface area (Å²) in [6.45, 7) is 6.41. The Morgan fingerprint density at radius 3 is 2.59 bits per heavy atom. The minimum Gasteiger partial charge on any atom is -0.459 e. The highest BCUT2D eigenvalue weighted by Crippen LogP contribution is 2.12. The fourth-order valence-electron chi connectivity index (χ4n) is 2.17. The molecule has 1 amide bonds. The zero-order valence-corrected chi connectivity index (χ0v) is 10.9. The molecule has 0 spiro atoms. The second kappa shape index (κ2) is 6.59. The largest absolute Gasteiger partial charge is 0.459 e. The van der Waals surface area contributed by atoms with Gasteiger partial charge in [-0.1, -0.05) is 6.92 Å². The molecule has 1 rings (SSSR count). The van der Waals surface area contributed by atoms with E-state index in [0.717, 1.165) is 25.9 Å². The van der Waals surface area contributed by atoms with Crippen LogP contribution in [0.4, 0.5) is 0 Å². The first-order valence-corrected chi connectivity index (χ1v) is 6.26. The minimum absolute atomic E-state index is 0.111. The van der Waals surface area contributed by atoms with Crippen molar-refractivity contribution >= 4 is 11.9 Å². The van der Waals surface area contributed by atoms with E-state index in [2.05, 4.69) is 4.90 Å². The Hall–Kier alpha value is -1.10. The summed E-state index contributed by atoms with van der Waals surface area (Å²) >= 11 is 0. The number of carbonyl (C=O) groups is 2. The molecule has 0 aliphatic carbocycles. The topological polar surface area (TPSA) is 49.9 Å². The first-order chi connectivity index (χ1) is 8.10. The molecule has 98 valence electrons. The molecule has 1 aliphatic rings. The van der Waals surface area contributed by atoms with Crippen LogP contribution in [-0.4, -0.2) is 61.0 Å². The summed E-state index contributed by atoms with van der Waals surface area (Å²) in [5.41, 5.74) is 0. The Labute approximate surface area is 103 Å². The van der Waals surface area contributed by atoms with Gasteiger partial charge in [-0.15, -0.1) is 0 Å². The molecule has 0 radical (unpaired) electrons. The van der Waals surface area contributed by atoms with Gasteiger partial charge in [0.15, 0.2) is 0 Å². The maximum atomic E-state index is 11.9. The number of hydrogen-bond acceptors (Lipinski definition) is 4. The first kappa shape index (κ1) is 14.0. The molecule has 0 saturated carbocycles. The van der Waals surface area contributed by atoms with E-state index in [4.69, 9.17) is 4.74 Å². The summed E-state index contributed by atoms with van der Waals surface area (Å²) in [6, 6.07) is 0.111. The third-order valence-electron chi connectivity index (χ3n) is 3.08. The highest BCUT2D eigenvalue weighted by molar-refractivity contribution is 6.32. The molecule has 0 aromatic heterocycles. The molecule has 1 saturated heterocycles. The molecule has 0 N–H and O–H groups in total. The number of carbonyl (C=O) groups excluding carboxylic acids is 2. The van der Waals surface area contributed by atoms with Gasteiger partial charge in [0.05, 0.1) is 6.61 Å². The second-order valence-electron chi connectivity index (χ2n) is 4.40. The molecule has 1 atom stereocenters. The lowest BCUT2D eigenvalue weighted by Crippen LogP contribution is -2.46. The third-order valence-corrected chi connectivity index (χ3v) is 3.08. The quantitative estimate of drug-likeness (QED) is 0.522. The Kier molecular flexibility index (Phi) is 5.41. The van der Waals surface area contributed by atoms with Crippen LogP contribution in [0.15, 0.2) is 0 Å². The third kappa shape index (κ3) is 3.70. The van der Waals surface area contributed by atoms with Crippen molar-refractivity contribution in [1.82, 2.24) is 9.80 Å². The molecule has 1 fully saturated rings. The van der Waals surface area contributed by atoms with E-state index in [1.54, 1.807) is 11.8 Å². The van der Waals surface area contributed by atoms with Crippen molar-refractivity contribution in [3.63, 3.8) is 0 Å². The van der Waals surface area contributed by atoms with Crippen LogP contribution in [0.5, 0.6) is 0 Å². The number of amides is 1. The van der Waals surface area contributed by atoms with Crippen molar-refractivity contribution in [2.24, 2.45) is 0 Å². The smallest absolute Gasteiger partial charge is 0.397 e. The van der Waals surface area contributed by atoms with E-state index in [1.807, 2.05) is 14.0 Å². The van der Waals surface area contributed by atoms with Gasteiger partial charge in [-0.3, -0.25) is 4.79 Å². The summed E-state index contributed by atoms with van der Waals surface area (Å²) in [7, 11) is 2.04. The predicted octanol–water partition coefficient (Wildman–Crippen LogP) is 0.492. The van der Waals surface area contributed by atoms with Gasteiger partial charge in [0.1, 0.15) is 0 Å². The maximum Gasteiger partial charge on any atom is 0.397 e. The number of ether oxygens (including phenoxy) is 1. The molecule has 1 unspecified atom stereocenters. The molecule has 5 heteroatoms. The Morgan fingerprint density at radius 2 is 2.00 bits per heavy atom. The van der Waals surface area contributed by atoms with Crippen molar-refractivity contribution in [3.8, 4) is 0 Å². The normalized spacial score (nSPS) is 22.1. The van der Waals surface area contributed by atoms with E-state index in [9.17, 15) is 9.59 Å². The molecular weight excluding hydrogens is 220 g/mol. The molecule has 0 bridgehead atoms. The van der Waals surface area contributed by atoms with Crippen LogP contribution in [0.1, 0.15) is 26.7 Å². The lowest BCUT2D eigenvalue weighted by Gasteiger charge is -2.29. The molecule has 0 aromatic rings. The van der Waals surface area contributed by atoms with Crippen molar-refractivity contribution < 1.29 is 14.3 Å². The lowest BCUT2D eigenvalue weighted by molar-refractivity contribution is -0.161. The van der Waals surface area contributed by atoms with Gasteiger partial charge in [-0.2, -0.15) is 0 Å². The van der Waals surface area contributed by atoms with Crippen molar-refractivity contribution in [3.05, 3.63) is 0 Å². The van der Waals surface area contributed by atoms with Crippen LogP contribution in [0.3, 0.4) is 0 Å². The molecule has 1 aliphatic heterocycles. The number of nitrogens with zero attached hydrogens (tertiary/aromatic N) is 2. The summed E-state index contributed by atoms with van der Waals surface area (Å²) in [6.07, 6.45) is 1.76. The van der Waals surface area contributed by atoms with Crippen molar-refractivity contribution in [2.45, 2.75) is 32.7 Å². The van der Waals surface area contributed by atoms with Crippen LogP contribution in [0.2, 0.25) is 0 Å². The Bertz CT molecular complexity index is 281. The SMILES string of the molecule is CCOC(=O)C(=O)N1CCCN(C)CC1CC. The average molecular weight is 242 g/mol. The van der Waals surface area contributed by atoms with Gasteiger partial charge in [0.2, 0.25) is 0 Å². The fraction of sp³-hybridized carbons (Fsp3) is 0.833. The van der Waals surface area contributed by atoms with Gasteiger partial charge >= 0.3 is 11.9 Å². The molecular formula is C12H22N2O3. The van der Waals surface area contributed by atoms with Crippen LogP contribution in [0.25, 0.3) is 0 Å². The molecule has 1 heterocycles. The van der Waals surface area contributed by atoms with Gasteiger partial charge < -0.3 is 14.5 Å². The monoisotopic (exact) mass is 242 g/mol. The standard InChI is InChI=1S/C12H22N2O3/c1-4-10-9-13(3)7-6-8-14(10)11(15)12(16)17-5-2/h10H,4-9H2,1-3H3. The first-order valence-electron chi connectivity index (χ1n) is 6.26. The van der Waals surface area contributed by atoms with E-state index in [-0.39, 0.29) is 12.6 Å². The van der Waals surface area contributed by atoms with Crippen molar-refractivity contribution in [1.29, 1.82) is 0 Å². The van der Waals surface area contributed by atoms with Crippen LogP contribution >= 0.6 is 0 Å². The summed E-state index contributed by atoms with van der Waals surface area (Å²) in [5, 5.41) is 0. The number of esters is 1. The molecule has 5 nitrogen and oxygen atoms in total. The zero-order valence-electron chi connectivity index (χ0n) is 10.9. The molecule has 17 heavy (non-hydrogen) atoms. The number of rotatable bonds is 2. The fourth-order valence-corrected chi connectivity index (χ4v) is 2.17. The molecule has 0 aromatic carbocycles. The maximum absolute atomic E-state index is 11.9. The zero-order chi connectivity index (χ0) is 12.8. The second-order valence-corrected chi connectivity index (χ2v) is 4.40.